The zero-order chi connectivity index (χ0) is 17.7. The van der Waals surface area contributed by atoms with Crippen LogP contribution in [0.25, 0.3) is 0 Å². The zero-order valence-corrected chi connectivity index (χ0v) is 14.4. The molecule has 3 aliphatic carbocycles. The van der Waals surface area contributed by atoms with Crippen molar-refractivity contribution in [3.05, 3.63) is 35.9 Å². The molecule has 4 aliphatic rings. The first-order chi connectivity index (χ1) is 12.0. The predicted molar refractivity (Wildman–Crippen MR) is 92.4 cm³/mol. The Labute approximate surface area is 146 Å². The molecule has 2 fully saturated rings. The van der Waals surface area contributed by atoms with Crippen LogP contribution in [0.1, 0.15) is 37.0 Å². The van der Waals surface area contributed by atoms with E-state index in [0.717, 1.165) is 12.8 Å². The number of hydrogen-bond donors (Lipinski definition) is 0. The third-order valence-corrected chi connectivity index (χ3v) is 5.67. The molecule has 5 heteroatoms. The molecule has 4 atom stereocenters. The van der Waals surface area contributed by atoms with Gasteiger partial charge < -0.3 is 4.74 Å². The second kappa shape index (κ2) is 5.83. The van der Waals surface area contributed by atoms with E-state index in [1.807, 2.05) is 6.92 Å². The molecule has 1 aliphatic heterocycles. The molecule has 1 aromatic carbocycles. The summed E-state index contributed by atoms with van der Waals surface area (Å²) >= 11 is 0. The maximum Gasteiger partial charge on any atom is 0.238 e. The van der Waals surface area contributed by atoms with Crippen LogP contribution in [0, 0.1) is 23.7 Å². The van der Waals surface area contributed by atoms with Gasteiger partial charge in [-0.2, -0.15) is 0 Å². The first-order valence-electron chi connectivity index (χ1n) is 8.86. The van der Waals surface area contributed by atoms with Gasteiger partial charge >= 0.3 is 0 Å². The number of ketones is 1. The summed E-state index contributed by atoms with van der Waals surface area (Å²) in [5.74, 6) is -0.216. The molecule has 1 aromatic rings. The first-order valence-corrected chi connectivity index (χ1v) is 8.86. The fourth-order valence-corrected chi connectivity index (χ4v) is 4.50. The topological polar surface area (TPSA) is 63.7 Å². The Balaban J connectivity index is 1.79. The van der Waals surface area contributed by atoms with E-state index in [1.54, 1.807) is 18.2 Å². The summed E-state index contributed by atoms with van der Waals surface area (Å²) in [6, 6.07) is 4.95. The summed E-state index contributed by atoms with van der Waals surface area (Å²) in [7, 11) is 0. The fourth-order valence-electron chi connectivity index (χ4n) is 4.50. The van der Waals surface area contributed by atoms with E-state index >= 15 is 0 Å². The highest BCUT2D eigenvalue weighted by molar-refractivity contribution is 6.23. The molecule has 2 amide bonds. The number of Topliss-reactive ketones (excluding diaryl/α,β-unsaturated/α-hetero) is 1. The second-order valence-corrected chi connectivity index (χ2v) is 7.03. The predicted octanol–water partition coefficient (Wildman–Crippen LogP) is 2.99. The van der Waals surface area contributed by atoms with Gasteiger partial charge in [0.25, 0.3) is 0 Å². The molecule has 25 heavy (non-hydrogen) atoms. The van der Waals surface area contributed by atoms with Gasteiger partial charge in [0, 0.05) is 5.56 Å². The Morgan fingerprint density at radius 2 is 1.72 bits per heavy atom. The van der Waals surface area contributed by atoms with Crippen molar-refractivity contribution in [3.8, 4) is 5.75 Å². The number of fused-ring (bicyclic) bond motifs is 1. The lowest BCUT2D eigenvalue weighted by Gasteiger charge is -2.38. The Bertz CT molecular complexity index is 765. The van der Waals surface area contributed by atoms with Crippen molar-refractivity contribution in [2.24, 2.45) is 23.7 Å². The Hall–Kier alpha value is -2.43. The highest BCUT2D eigenvalue weighted by Crippen LogP contribution is 2.51. The summed E-state index contributed by atoms with van der Waals surface area (Å²) in [5.41, 5.74) is 0.869. The monoisotopic (exact) mass is 339 g/mol. The van der Waals surface area contributed by atoms with Crippen LogP contribution < -0.4 is 9.64 Å². The van der Waals surface area contributed by atoms with Crippen LogP contribution in [0.5, 0.6) is 5.75 Å². The first kappa shape index (κ1) is 16.1. The van der Waals surface area contributed by atoms with Gasteiger partial charge in [-0.1, -0.05) is 12.2 Å². The normalized spacial score (nSPS) is 29.9. The summed E-state index contributed by atoms with van der Waals surface area (Å²) in [5, 5.41) is 0. The Morgan fingerprint density at radius 1 is 1.12 bits per heavy atom. The van der Waals surface area contributed by atoms with Crippen LogP contribution in [0.3, 0.4) is 0 Å². The Morgan fingerprint density at radius 3 is 2.20 bits per heavy atom. The van der Waals surface area contributed by atoms with Crippen LogP contribution in [0.4, 0.5) is 5.69 Å². The van der Waals surface area contributed by atoms with Crippen molar-refractivity contribution in [3.63, 3.8) is 0 Å². The van der Waals surface area contributed by atoms with E-state index < -0.39 is 0 Å². The zero-order valence-electron chi connectivity index (χ0n) is 14.4. The van der Waals surface area contributed by atoms with Gasteiger partial charge in [-0.05, 0) is 56.7 Å². The van der Waals surface area contributed by atoms with Gasteiger partial charge in [0.15, 0.2) is 5.78 Å². The number of hydrogen-bond acceptors (Lipinski definition) is 4. The van der Waals surface area contributed by atoms with Gasteiger partial charge in [0.05, 0.1) is 24.1 Å². The maximum atomic E-state index is 13.1. The minimum Gasteiger partial charge on any atom is -0.492 e. The number of carbonyl (C=O) groups is 3. The molecule has 1 heterocycles. The summed E-state index contributed by atoms with van der Waals surface area (Å²) in [6.07, 6.45) is 6.11. The van der Waals surface area contributed by atoms with Crippen LogP contribution in [-0.2, 0) is 9.59 Å². The van der Waals surface area contributed by atoms with Gasteiger partial charge in [0.2, 0.25) is 11.8 Å². The lowest BCUT2D eigenvalue weighted by Crippen LogP contribution is -2.38. The van der Waals surface area contributed by atoms with E-state index in [1.165, 1.54) is 11.8 Å². The number of anilines is 1. The number of amides is 2. The lowest BCUT2D eigenvalue weighted by molar-refractivity contribution is -0.124. The smallest absolute Gasteiger partial charge is 0.238 e. The standard InChI is InChI=1S/C20H21NO4/c1-3-25-16-9-8-14(11(2)22)10-15(16)21-19(23)17-12-4-5-13(7-6-12)18(17)20(21)24/h4-5,8-10,12-13,17-18H,3,6-7H2,1-2H3/t12-,13-,17-,18+/m0/s1. The van der Waals surface area contributed by atoms with Gasteiger partial charge in [0.1, 0.15) is 5.75 Å². The molecule has 0 radical (unpaired) electrons. The molecule has 2 bridgehead atoms. The van der Waals surface area contributed by atoms with Crippen molar-refractivity contribution >= 4 is 23.3 Å². The molecule has 0 unspecified atom stereocenters. The SMILES string of the molecule is CCOc1ccc(C(C)=O)cc1N1C(=O)[C@@H]2[C@H](C1=O)[C@H]1C=C[C@H]2CC1. The molecule has 1 saturated heterocycles. The number of allylic oxidation sites excluding steroid dienone is 2. The van der Waals surface area contributed by atoms with Crippen LogP contribution in [-0.4, -0.2) is 24.2 Å². The molecule has 5 rings (SSSR count). The van der Waals surface area contributed by atoms with Crippen molar-refractivity contribution < 1.29 is 19.1 Å². The van der Waals surface area contributed by atoms with E-state index in [0.29, 0.717) is 23.6 Å². The van der Waals surface area contributed by atoms with Crippen molar-refractivity contribution in [1.82, 2.24) is 0 Å². The van der Waals surface area contributed by atoms with E-state index in [2.05, 4.69) is 12.2 Å². The van der Waals surface area contributed by atoms with Crippen molar-refractivity contribution in [1.29, 1.82) is 0 Å². The highest BCUT2D eigenvalue weighted by Gasteiger charge is 2.57. The Kier molecular flexibility index (Phi) is 3.74. The molecule has 130 valence electrons. The largest absolute Gasteiger partial charge is 0.492 e. The second-order valence-electron chi connectivity index (χ2n) is 7.03. The number of carbonyl (C=O) groups excluding carboxylic acids is 3. The molecule has 1 saturated carbocycles. The van der Waals surface area contributed by atoms with Crippen molar-refractivity contribution in [2.75, 3.05) is 11.5 Å². The third kappa shape index (κ3) is 2.33. The minimum absolute atomic E-state index is 0.109. The average molecular weight is 339 g/mol. The summed E-state index contributed by atoms with van der Waals surface area (Å²) < 4.78 is 5.63. The number of rotatable bonds is 4. The number of imide groups is 1. The van der Waals surface area contributed by atoms with Crippen molar-refractivity contribution in [2.45, 2.75) is 26.7 Å². The fraction of sp³-hybridized carbons (Fsp3) is 0.450. The van der Waals surface area contributed by atoms with Gasteiger partial charge in [-0.25, -0.2) is 4.90 Å². The number of nitrogens with zero attached hydrogens (tertiary/aromatic N) is 1. The quantitative estimate of drug-likeness (QED) is 0.481. The molecule has 0 spiro atoms. The maximum absolute atomic E-state index is 13.1. The van der Waals surface area contributed by atoms with E-state index in [-0.39, 0.29) is 41.3 Å². The lowest BCUT2D eigenvalue weighted by atomic mass is 9.63. The molecule has 0 aromatic heterocycles. The van der Waals surface area contributed by atoms with Gasteiger partial charge in [-0.3, -0.25) is 14.4 Å². The summed E-state index contributed by atoms with van der Waals surface area (Å²) in [6.45, 7) is 3.74. The molecule has 5 nitrogen and oxygen atoms in total. The third-order valence-electron chi connectivity index (χ3n) is 5.67. The number of ether oxygens (including phenoxy) is 1. The van der Waals surface area contributed by atoms with E-state index in [4.69, 9.17) is 4.74 Å². The minimum atomic E-state index is -0.272. The summed E-state index contributed by atoms with van der Waals surface area (Å²) in [4.78, 5) is 39.3. The molecular formula is C20H21NO4. The van der Waals surface area contributed by atoms with Crippen LogP contribution in [0.15, 0.2) is 30.4 Å². The average Bonchev–Trinajstić information content (AvgIpc) is 2.90. The van der Waals surface area contributed by atoms with E-state index in [9.17, 15) is 14.4 Å². The highest BCUT2D eigenvalue weighted by atomic mass is 16.5. The van der Waals surface area contributed by atoms with Crippen LogP contribution >= 0.6 is 0 Å². The molecular weight excluding hydrogens is 318 g/mol. The number of benzene rings is 1. The van der Waals surface area contributed by atoms with Crippen LogP contribution in [0.2, 0.25) is 0 Å². The van der Waals surface area contributed by atoms with Gasteiger partial charge in [-0.15, -0.1) is 0 Å². The molecule has 0 N–H and O–H groups in total.